The lowest BCUT2D eigenvalue weighted by Crippen LogP contribution is -2.39. The number of ether oxygens (including phenoxy) is 3. The van der Waals surface area contributed by atoms with Crippen molar-refractivity contribution in [2.45, 2.75) is 90.1 Å². The predicted molar refractivity (Wildman–Crippen MR) is 101 cm³/mol. The molecule has 1 saturated carbocycles. The zero-order chi connectivity index (χ0) is 17.9. The van der Waals surface area contributed by atoms with Crippen molar-refractivity contribution in [3.63, 3.8) is 0 Å². The topological polar surface area (TPSA) is 30.9 Å². The normalized spacial score (nSPS) is 37.1. The Kier molecular flexibility index (Phi) is 6.46. The van der Waals surface area contributed by atoms with E-state index in [0.29, 0.717) is 11.5 Å². The van der Waals surface area contributed by atoms with Gasteiger partial charge in [-0.2, -0.15) is 0 Å². The van der Waals surface area contributed by atoms with Crippen LogP contribution in [0.3, 0.4) is 0 Å². The van der Waals surface area contributed by atoms with Gasteiger partial charge in [-0.05, 0) is 56.9 Å². The molecule has 4 heteroatoms. The van der Waals surface area contributed by atoms with Crippen molar-refractivity contribution in [1.29, 1.82) is 0 Å². The summed E-state index contributed by atoms with van der Waals surface area (Å²) < 4.78 is 18.4. The fourth-order valence-electron chi connectivity index (χ4n) is 4.70. The lowest BCUT2D eigenvalue weighted by Gasteiger charge is -2.41. The van der Waals surface area contributed by atoms with E-state index in [-0.39, 0.29) is 11.9 Å². The SMILES string of the molecule is CN(CCC1COC2(CCC(C(C)(C)C)CC2)O1)CC1CCCCO1. The van der Waals surface area contributed by atoms with E-state index in [0.717, 1.165) is 51.5 Å². The van der Waals surface area contributed by atoms with Gasteiger partial charge >= 0.3 is 0 Å². The summed E-state index contributed by atoms with van der Waals surface area (Å²) >= 11 is 0. The molecule has 0 bridgehead atoms. The molecule has 1 aliphatic carbocycles. The molecule has 3 rings (SSSR count). The molecular weight excluding hydrogens is 314 g/mol. The van der Waals surface area contributed by atoms with Gasteiger partial charge in [-0.15, -0.1) is 0 Å². The molecule has 0 amide bonds. The van der Waals surface area contributed by atoms with E-state index in [1.165, 1.54) is 32.1 Å². The molecule has 0 aromatic carbocycles. The standard InChI is InChI=1S/C21H39NO3/c1-20(2,3)17-8-11-21(12-9-17)24-16-19(25-21)10-13-22(4)15-18-7-5-6-14-23-18/h17-19H,5-16H2,1-4H3. The molecule has 3 fully saturated rings. The number of hydrogen-bond acceptors (Lipinski definition) is 4. The summed E-state index contributed by atoms with van der Waals surface area (Å²) in [6.07, 6.45) is 10.1. The maximum absolute atomic E-state index is 6.41. The van der Waals surface area contributed by atoms with Gasteiger partial charge in [0.05, 0.1) is 18.8 Å². The van der Waals surface area contributed by atoms with Crippen molar-refractivity contribution in [1.82, 2.24) is 4.90 Å². The number of nitrogens with zero attached hydrogens (tertiary/aromatic N) is 1. The van der Waals surface area contributed by atoms with Gasteiger partial charge < -0.3 is 19.1 Å². The molecule has 2 aliphatic heterocycles. The molecule has 0 aromatic heterocycles. The van der Waals surface area contributed by atoms with Crippen LogP contribution >= 0.6 is 0 Å². The van der Waals surface area contributed by atoms with Gasteiger partial charge in [0.25, 0.3) is 0 Å². The first-order chi connectivity index (χ1) is 11.9. The number of hydrogen-bond donors (Lipinski definition) is 0. The molecule has 2 saturated heterocycles. The minimum absolute atomic E-state index is 0.265. The zero-order valence-electron chi connectivity index (χ0n) is 16.9. The average molecular weight is 354 g/mol. The molecule has 2 unspecified atom stereocenters. The highest BCUT2D eigenvalue weighted by Gasteiger charge is 2.45. The lowest BCUT2D eigenvalue weighted by atomic mass is 9.71. The molecule has 2 heterocycles. The summed E-state index contributed by atoms with van der Waals surface area (Å²) in [5, 5.41) is 0. The summed E-state index contributed by atoms with van der Waals surface area (Å²) in [6, 6.07) is 0. The second-order valence-electron chi connectivity index (χ2n) is 9.64. The van der Waals surface area contributed by atoms with Crippen LogP contribution in [0.1, 0.15) is 72.1 Å². The molecule has 4 nitrogen and oxygen atoms in total. The molecule has 1 spiro atoms. The second-order valence-corrected chi connectivity index (χ2v) is 9.64. The van der Waals surface area contributed by atoms with Crippen LogP contribution in [0.25, 0.3) is 0 Å². The van der Waals surface area contributed by atoms with Gasteiger partial charge in [0.1, 0.15) is 0 Å². The van der Waals surface area contributed by atoms with Crippen LogP contribution in [0.4, 0.5) is 0 Å². The van der Waals surface area contributed by atoms with E-state index in [9.17, 15) is 0 Å². The molecule has 0 aromatic rings. The minimum Gasteiger partial charge on any atom is -0.377 e. The van der Waals surface area contributed by atoms with Gasteiger partial charge in [0.15, 0.2) is 5.79 Å². The van der Waals surface area contributed by atoms with Crippen molar-refractivity contribution in [2.24, 2.45) is 11.3 Å². The molecule has 0 radical (unpaired) electrons. The average Bonchev–Trinajstić information content (AvgIpc) is 2.96. The molecule has 146 valence electrons. The summed E-state index contributed by atoms with van der Waals surface area (Å²) in [5.74, 6) is 0.531. The van der Waals surface area contributed by atoms with Crippen LogP contribution < -0.4 is 0 Å². The maximum Gasteiger partial charge on any atom is 0.168 e. The largest absolute Gasteiger partial charge is 0.377 e. The Morgan fingerprint density at radius 2 is 1.80 bits per heavy atom. The fraction of sp³-hybridized carbons (Fsp3) is 1.00. The molecule has 25 heavy (non-hydrogen) atoms. The molecular formula is C21H39NO3. The highest BCUT2D eigenvalue weighted by molar-refractivity contribution is 4.89. The van der Waals surface area contributed by atoms with Gasteiger partial charge in [-0.3, -0.25) is 0 Å². The Bertz CT molecular complexity index is 406. The quantitative estimate of drug-likeness (QED) is 0.740. The van der Waals surface area contributed by atoms with Crippen LogP contribution in [0.2, 0.25) is 0 Å². The van der Waals surface area contributed by atoms with Crippen molar-refractivity contribution in [2.75, 3.05) is 33.4 Å². The summed E-state index contributed by atoms with van der Waals surface area (Å²) in [6.45, 7) is 10.9. The van der Waals surface area contributed by atoms with Crippen LogP contribution in [-0.4, -0.2) is 56.2 Å². The van der Waals surface area contributed by atoms with E-state index in [4.69, 9.17) is 14.2 Å². The Morgan fingerprint density at radius 1 is 1.04 bits per heavy atom. The van der Waals surface area contributed by atoms with E-state index in [2.05, 4.69) is 32.7 Å². The summed E-state index contributed by atoms with van der Waals surface area (Å²) in [4.78, 5) is 2.40. The van der Waals surface area contributed by atoms with Crippen LogP contribution in [0.5, 0.6) is 0 Å². The van der Waals surface area contributed by atoms with Crippen LogP contribution in [-0.2, 0) is 14.2 Å². The zero-order valence-corrected chi connectivity index (χ0v) is 16.9. The van der Waals surface area contributed by atoms with Gasteiger partial charge in [0, 0.05) is 32.5 Å². The first kappa shape index (κ1) is 19.6. The van der Waals surface area contributed by atoms with E-state index >= 15 is 0 Å². The maximum atomic E-state index is 6.41. The van der Waals surface area contributed by atoms with E-state index in [1.54, 1.807) is 0 Å². The highest BCUT2D eigenvalue weighted by Crippen LogP contribution is 2.45. The number of likely N-dealkylation sites (N-methyl/N-ethyl adjacent to an activating group) is 1. The molecule has 3 aliphatic rings. The van der Waals surface area contributed by atoms with E-state index in [1.807, 2.05) is 0 Å². The van der Waals surface area contributed by atoms with Crippen molar-refractivity contribution < 1.29 is 14.2 Å². The van der Waals surface area contributed by atoms with Crippen molar-refractivity contribution in [3.8, 4) is 0 Å². The Balaban J connectivity index is 1.37. The predicted octanol–water partition coefficient (Wildman–Crippen LogP) is 4.23. The van der Waals surface area contributed by atoms with E-state index < -0.39 is 0 Å². The summed E-state index contributed by atoms with van der Waals surface area (Å²) in [7, 11) is 2.21. The van der Waals surface area contributed by atoms with Crippen molar-refractivity contribution in [3.05, 3.63) is 0 Å². The Morgan fingerprint density at radius 3 is 2.44 bits per heavy atom. The summed E-state index contributed by atoms with van der Waals surface area (Å²) in [5.41, 5.74) is 0.406. The Hall–Kier alpha value is -0.160. The van der Waals surface area contributed by atoms with Gasteiger partial charge in [-0.1, -0.05) is 20.8 Å². The van der Waals surface area contributed by atoms with Gasteiger partial charge in [-0.25, -0.2) is 0 Å². The van der Waals surface area contributed by atoms with Crippen LogP contribution in [0.15, 0.2) is 0 Å². The lowest BCUT2D eigenvalue weighted by molar-refractivity contribution is -0.197. The Labute approximate surface area is 154 Å². The highest BCUT2D eigenvalue weighted by atomic mass is 16.7. The third kappa shape index (κ3) is 5.41. The van der Waals surface area contributed by atoms with Crippen molar-refractivity contribution >= 4 is 0 Å². The monoisotopic (exact) mass is 353 g/mol. The smallest absolute Gasteiger partial charge is 0.168 e. The molecule has 0 N–H and O–H groups in total. The molecule has 2 atom stereocenters. The second kappa shape index (κ2) is 8.24. The van der Waals surface area contributed by atoms with Crippen LogP contribution in [0, 0.1) is 11.3 Å². The van der Waals surface area contributed by atoms with Gasteiger partial charge in [0.2, 0.25) is 0 Å². The third-order valence-corrected chi connectivity index (χ3v) is 6.51. The first-order valence-electron chi connectivity index (χ1n) is 10.5. The third-order valence-electron chi connectivity index (χ3n) is 6.51. The fourth-order valence-corrected chi connectivity index (χ4v) is 4.70. The first-order valence-corrected chi connectivity index (χ1v) is 10.5. The number of rotatable bonds is 5. The minimum atomic E-state index is -0.266.